The minimum Gasteiger partial charge on any atom is -0.327 e. The molecule has 0 saturated carbocycles. The van der Waals surface area contributed by atoms with Gasteiger partial charge in [-0.1, -0.05) is 0 Å². The summed E-state index contributed by atoms with van der Waals surface area (Å²) in [5.41, 5.74) is 0. The first-order valence-corrected chi connectivity index (χ1v) is 3.38. The molecule has 0 radical (unpaired) electrons. The number of rotatable bonds is 1. The van der Waals surface area contributed by atoms with Crippen molar-refractivity contribution in [2.45, 2.75) is 6.92 Å². The first-order valence-electron chi connectivity index (χ1n) is 3.38. The van der Waals surface area contributed by atoms with Crippen molar-refractivity contribution in [2.24, 2.45) is 0 Å². The zero-order chi connectivity index (χ0) is 7.68. The molecule has 2 heterocycles. The summed E-state index contributed by atoms with van der Waals surface area (Å²) in [7, 11) is 0. The molecule has 0 aliphatic rings. The van der Waals surface area contributed by atoms with E-state index in [-0.39, 0.29) is 0 Å². The van der Waals surface area contributed by atoms with Crippen LogP contribution in [0.4, 0.5) is 0 Å². The first-order chi connectivity index (χ1) is 5.36. The van der Waals surface area contributed by atoms with Gasteiger partial charge < -0.3 is 4.98 Å². The van der Waals surface area contributed by atoms with Gasteiger partial charge in [-0.2, -0.15) is 5.10 Å². The van der Waals surface area contributed by atoms with Crippen LogP contribution in [0.5, 0.6) is 0 Å². The second-order valence-corrected chi connectivity index (χ2v) is 2.30. The summed E-state index contributed by atoms with van der Waals surface area (Å²) < 4.78 is 1.74. The Labute approximate surface area is 63.9 Å². The van der Waals surface area contributed by atoms with Gasteiger partial charge in [-0.3, -0.25) is 0 Å². The van der Waals surface area contributed by atoms with Crippen molar-refractivity contribution in [3.8, 4) is 5.82 Å². The molecule has 2 aromatic heterocycles. The lowest BCUT2D eigenvalue weighted by Crippen LogP contribution is -1.93. The summed E-state index contributed by atoms with van der Waals surface area (Å²) in [4.78, 5) is 7.12. The van der Waals surface area contributed by atoms with E-state index in [1.165, 1.54) is 0 Å². The lowest BCUT2D eigenvalue weighted by Gasteiger charge is -1.92. The molecule has 0 unspecified atom stereocenters. The quantitative estimate of drug-likeness (QED) is 0.653. The van der Waals surface area contributed by atoms with Crippen LogP contribution in [0.3, 0.4) is 0 Å². The van der Waals surface area contributed by atoms with Gasteiger partial charge in [0.2, 0.25) is 0 Å². The van der Waals surface area contributed by atoms with E-state index in [1.54, 1.807) is 17.1 Å². The van der Waals surface area contributed by atoms with E-state index in [2.05, 4.69) is 15.1 Å². The molecule has 1 N–H and O–H groups in total. The number of nitrogens with zero attached hydrogens (tertiary/aromatic N) is 3. The molecular weight excluding hydrogens is 140 g/mol. The number of aromatic amines is 1. The maximum absolute atomic E-state index is 4.06. The minimum absolute atomic E-state index is 0.896. The molecule has 56 valence electrons. The van der Waals surface area contributed by atoms with Crippen LogP contribution in [0, 0.1) is 6.92 Å². The van der Waals surface area contributed by atoms with Gasteiger partial charge in [0.05, 0.1) is 6.20 Å². The van der Waals surface area contributed by atoms with Crippen molar-refractivity contribution >= 4 is 0 Å². The van der Waals surface area contributed by atoms with Crippen molar-refractivity contribution in [1.82, 2.24) is 19.7 Å². The number of hydrogen-bond acceptors (Lipinski definition) is 2. The van der Waals surface area contributed by atoms with E-state index in [9.17, 15) is 0 Å². The summed E-state index contributed by atoms with van der Waals surface area (Å²) in [5.74, 6) is 1.79. The Kier molecular flexibility index (Phi) is 1.25. The third kappa shape index (κ3) is 1.02. The van der Waals surface area contributed by atoms with Gasteiger partial charge in [-0.05, 0) is 13.0 Å². The van der Waals surface area contributed by atoms with Crippen molar-refractivity contribution in [3.05, 3.63) is 30.5 Å². The van der Waals surface area contributed by atoms with Crippen LogP contribution in [0.25, 0.3) is 5.82 Å². The average molecular weight is 148 g/mol. The topological polar surface area (TPSA) is 46.5 Å². The molecule has 0 aliphatic carbocycles. The van der Waals surface area contributed by atoms with E-state index in [0.29, 0.717) is 0 Å². The van der Waals surface area contributed by atoms with E-state index in [0.717, 1.165) is 11.6 Å². The highest BCUT2D eigenvalue weighted by Crippen LogP contribution is 2.00. The number of imidazole rings is 1. The van der Waals surface area contributed by atoms with E-state index < -0.39 is 0 Å². The van der Waals surface area contributed by atoms with Crippen LogP contribution in [-0.4, -0.2) is 19.7 Å². The Bertz CT molecular complexity index is 333. The van der Waals surface area contributed by atoms with Crippen molar-refractivity contribution in [3.63, 3.8) is 0 Å². The van der Waals surface area contributed by atoms with Crippen LogP contribution >= 0.6 is 0 Å². The van der Waals surface area contributed by atoms with Gasteiger partial charge in [-0.25, -0.2) is 9.67 Å². The second-order valence-electron chi connectivity index (χ2n) is 2.30. The van der Waals surface area contributed by atoms with Crippen molar-refractivity contribution < 1.29 is 0 Å². The number of aryl methyl sites for hydroxylation is 1. The second kappa shape index (κ2) is 2.23. The van der Waals surface area contributed by atoms with Crippen LogP contribution in [0.1, 0.15) is 5.82 Å². The summed E-state index contributed by atoms with van der Waals surface area (Å²) in [5, 5.41) is 4.05. The molecule has 11 heavy (non-hydrogen) atoms. The van der Waals surface area contributed by atoms with Gasteiger partial charge in [0.25, 0.3) is 0 Å². The summed E-state index contributed by atoms with van der Waals surface area (Å²) in [6, 6.07) is 1.87. The predicted octanol–water partition coefficient (Wildman–Crippen LogP) is 0.904. The van der Waals surface area contributed by atoms with Gasteiger partial charge in [-0.15, -0.1) is 0 Å². The van der Waals surface area contributed by atoms with E-state index in [1.807, 2.05) is 19.2 Å². The Morgan fingerprint density at radius 3 is 3.00 bits per heavy atom. The smallest absolute Gasteiger partial charge is 0.151 e. The van der Waals surface area contributed by atoms with E-state index in [4.69, 9.17) is 0 Å². The van der Waals surface area contributed by atoms with Crippen LogP contribution < -0.4 is 0 Å². The summed E-state index contributed by atoms with van der Waals surface area (Å²) in [6.07, 6.45) is 5.35. The Morgan fingerprint density at radius 1 is 1.55 bits per heavy atom. The lowest BCUT2D eigenvalue weighted by atomic mass is 10.7. The monoisotopic (exact) mass is 148 g/mol. The normalized spacial score (nSPS) is 10.3. The standard InChI is InChI=1S/C7H8N4/c1-6-8-5-7(10-6)11-4-2-3-9-11/h2-5H,1H3,(H,8,10). The average Bonchev–Trinajstić information content (AvgIpc) is 2.55. The van der Waals surface area contributed by atoms with E-state index >= 15 is 0 Å². The molecule has 0 spiro atoms. The molecule has 4 nitrogen and oxygen atoms in total. The van der Waals surface area contributed by atoms with Gasteiger partial charge in [0, 0.05) is 12.4 Å². The van der Waals surface area contributed by atoms with Gasteiger partial charge in [0.15, 0.2) is 5.82 Å². The Morgan fingerprint density at radius 2 is 2.45 bits per heavy atom. The molecule has 0 aromatic carbocycles. The van der Waals surface area contributed by atoms with Crippen molar-refractivity contribution in [1.29, 1.82) is 0 Å². The fourth-order valence-corrected chi connectivity index (χ4v) is 0.936. The maximum Gasteiger partial charge on any atom is 0.151 e. The Hall–Kier alpha value is -1.58. The van der Waals surface area contributed by atoms with Crippen LogP contribution in [0.15, 0.2) is 24.7 Å². The highest BCUT2D eigenvalue weighted by molar-refractivity contribution is 5.17. The Balaban J connectivity index is 2.45. The number of H-pyrrole nitrogens is 1. The number of hydrogen-bond donors (Lipinski definition) is 1. The van der Waals surface area contributed by atoms with Gasteiger partial charge >= 0.3 is 0 Å². The zero-order valence-electron chi connectivity index (χ0n) is 6.15. The number of nitrogens with one attached hydrogen (secondary N) is 1. The van der Waals surface area contributed by atoms with Crippen molar-refractivity contribution in [2.75, 3.05) is 0 Å². The van der Waals surface area contributed by atoms with Crippen LogP contribution in [-0.2, 0) is 0 Å². The largest absolute Gasteiger partial charge is 0.327 e. The lowest BCUT2D eigenvalue weighted by molar-refractivity contribution is 0.851. The SMILES string of the molecule is Cc1ncc(-n2cccn2)[nH]1. The fourth-order valence-electron chi connectivity index (χ4n) is 0.936. The number of aromatic nitrogens is 4. The molecular formula is C7H8N4. The third-order valence-corrected chi connectivity index (χ3v) is 1.44. The molecule has 4 heteroatoms. The van der Waals surface area contributed by atoms with Crippen LogP contribution in [0.2, 0.25) is 0 Å². The maximum atomic E-state index is 4.06. The molecule has 2 aromatic rings. The third-order valence-electron chi connectivity index (χ3n) is 1.44. The molecule has 0 saturated heterocycles. The molecule has 0 amide bonds. The highest BCUT2D eigenvalue weighted by Gasteiger charge is 1.96. The fraction of sp³-hybridized carbons (Fsp3) is 0.143. The molecule has 0 bridgehead atoms. The molecule has 0 fully saturated rings. The van der Waals surface area contributed by atoms with Gasteiger partial charge in [0.1, 0.15) is 5.82 Å². The summed E-state index contributed by atoms with van der Waals surface area (Å²) >= 11 is 0. The minimum atomic E-state index is 0.896. The zero-order valence-corrected chi connectivity index (χ0v) is 6.15. The first kappa shape index (κ1) is 6.15. The molecule has 2 rings (SSSR count). The predicted molar refractivity (Wildman–Crippen MR) is 40.4 cm³/mol. The molecule has 0 aliphatic heterocycles. The summed E-state index contributed by atoms with van der Waals surface area (Å²) in [6.45, 7) is 1.91. The highest BCUT2D eigenvalue weighted by atomic mass is 15.3. The molecule has 0 atom stereocenters.